The third-order valence-corrected chi connectivity index (χ3v) is 5.86. The molecule has 1 heterocycles. The summed E-state index contributed by atoms with van der Waals surface area (Å²) in [5, 5.41) is 46.9. The fraction of sp³-hybridized carbons (Fsp3) is 0.462. The molecular weight excluding hydrogens is 498 g/mol. The zero-order chi connectivity index (χ0) is 27.5. The van der Waals surface area contributed by atoms with Crippen molar-refractivity contribution in [1.82, 2.24) is 0 Å². The van der Waals surface area contributed by atoms with Crippen LogP contribution >= 0.6 is 0 Å². The normalized spacial score (nSPS) is 21.8. The van der Waals surface area contributed by atoms with E-state index in [2.05, 4.69) is 10.2 Å². The minimum absolute atomic E-state index is 0.122. The topological polar surface area (TPSA) is 171 Å². The molecule has 38 heavy (non-hydrogen) atoms. The molecule has 0 saturated carbocycles. The number of esters is 2. The summed E-state index contributed by atoms with van der Waals surface area (Å²) >= 11 is 0. The molecule has 1 saturated heterocycles. The van der Waals surface area contributed by atoms with Gasteiger partial charge in [-0.1, -0.05) is 18.2 Å². The quantitative estimate of drug-likeness (QED) is 0.220. The molecule has 0 aromatic heterocycles. The van der Waals surface area contributed by atoms with Gasteiger partial charge in [0.05, 0.1) is 30.8 Å². The number of hydrogen-bond acceptors (Lipinski definition) is 12. The summed E-state index contributed by atoms with van der Waals surface area (Å²) in [4.78, 5) is 25.9. The Bertz CT molecular complexity index is 1050. The third kappa shape index (κ3) is 8.57. The van der Waals surface area contributed by atoms with E-state index >= 15 is 0 Å². The van der Waals surface area contributed by atoms with Crippen LogP contribution in [0, 0.1) is 0 Å². The van der Waals surface area contributed by atoms with Crippen molar-refractivity contribution < 1.29 is 44.2 Å². The Morgan fingerprint density at radius 2 is 1.53 bits per heavy atom. The standard InChI is InChI=1S/C26H33N3O9/c1-2-29(19-10-8-18(9-11-19)28-27-17-6-4-3-5-7-17)14-15-36-21(31)12-13-22(32)37-16-20(30)25-23(33)24(34)26(35)38-25/h3-11,20,23-26,30,33-35H,2,12-16H2,1H3/t20-,23-,24-,25+,26-/m1/s1. The third-order valence-electron chi connectivity index (χ3n) is 5.86. The molecule has 1 fully saturated rings. The van der Waals surface area contributed by atoms with Crippen molar-refractivity contribution in [2.45, 2.75) is 50.5 Å². The Balaban J connectivity index is 1.34. The summed E-state index contributed by atoms with van der Waals surface area (Å²) in [5.74, 6) is -1.33. The molecular formula is C26H33N3O9. The first kappa shape index (κ1) is 29.1. The number of ether oxygens (including phenoxy) is 3. The van der Waals surface area contributed by atoms with Gasteiger partial charge < -0.3 is 39.5 Å². The Labute approximate surface area is 220 Å². The van der Waals surface area contributed by atoms with Crippen LogP contribution in [-0.2, 0) is 23.8 Å². The Morgan fingerprint density at radius 1 is 0.921 bits per heavy atom. The van der Waals surface area contributed by atoms with E-state index < -0.39 is 49.3 Å². The second-order valence-electron chi connectivity index (χ2n) is 8.57. The van der Waals surface area contributed by atoms with E-state index in [0.29, 0.717) is 18.8 Å². The maximum Gasteiger partial charge on any atom is 0.306 e. The summed E-state index contributed by atoms with van der Waals surface area (Å²) in [5.41, 5.74) is 2.40. The van der Waals surface area contributed by atoms with Crippen molar-refractivity contribution in [1.29, 1.82) is 0 Å². The molecule has 0 bridgehead atoms. The summed E-state index contributed by atoms with van der Waals surface area (Å²) in [7, 11) is 0. The number of anilines is 1. The van der Waals surface area contributed by atoms with Gasteiger partial charge in [-0.3, -0.25) is 9.59 Å². The van der Waals surface area contributed by atoms with Gasteiger partial charge in [-0.25, -0.2) is 0 Å². The number of azo groups is 1. The van der Waals surface area contributed by atoms with Crippen LogP contribution in [0.5, 0.6) is 0 Å². The number of benzene rings is 2. The van der Waals surface area contributed by atoms with Crippen LogP contribution in [0.25, 0.3) is 0 Å². The largest absolute Gasteiger partial charge is 0.464 e. The summed E-state index contributed by atoms with van der Waals surface area (Å²) in [6, 6.07) is 16.9. The lowest BCUT2D eigenvalue weighted by molar-refractivity contribution is -0.164. The molecule has 5 atom stereocenters. The van der Waals surface area contributed by atoms with Crippen molar-refractivity contribution in [3.05, 3.63) is 54.6 Å². The SMILES string of the molecule is CCN(CCOC(=O)CCC(=O)OC[C@@H](O)[C@@H]1O[C@@H](O)[C@H](O)[C@H]1O)c1ccc(N=Nc2ccccc2)cc1. The van der Waals surface area contributed by atoms with Gasteiger partial charge in [0.2, 0.25) is 0 Å². The van der Waals surface area contributed by atoms with E-state index in [1.54, 1.807) is 0 Å². The highest BCUT2D eigenvalue weighted by Crippen LogP contribution is 2.23. The molecule has 1 aliphatic rings. The van der Waals surface area contributed by atoms with Crippen LogP contribution < -0.4 is 4.90 Å². The molecule has 12 heteroatoms. The van der Waals surface area contributed by atoms with Gasteiger partial charge in [0.25, 0.3) is 0 Å². The van der Waals surface area contributed by atoms with Crippen molar-refractivity contribution in [2.24, 2.45) is 10.2 Å². The number of rotatable bonds is 13. The number of likely N-dealkylation sites (N-methyl/N-ethyl adjacent to an activating group) is 1. The Kier molecular flexibility index (Phi) is 11.1. The van der Waals surface area contributed by atoms with Crippen LogP contribution in [0.1, 0.15) is 19.8 Å². The Hall–Kier alpha value is -3.42. The van der Waals surface area contributed by atoms with E-state index in [4.69, 9.17) is 14.2 Å². The van der Waals surface area contributed by atoms with Crippen molar-refractivity contribution in [3.63, 3.8) is 0 Å². The van der Waals surface area contributed by atoms with Crippen molar-refractivity contribution in [3.8, 4) is 0 Å². The molecule has 1 aliphatic heterocycles. The zero-order valence-corrected chi connectivity index (χ0v) is 21.0. The molecule has 0 unspecified atom stereocenters. The lowest BCUT2D eigenvalue weighted by Gasteiger charge is -2.23. The first-order valence-corrected chi connectivity index (χ1v) is 12.3. The van der Waals surface area contributed by atoms with Crippen molar-refractivity contribution >= 4 is 29.0 Å². The highest BCUT2D eigenvalue weighted by Gasteiger charge is 2.45. The second-order valence-corrected chi connectivity index (χ2v) is 8.57. The Morgan fingerprint density at radius 3 is 2.11 bits per heavy atom. The number of hydrogen-bond donors (Lipinski definition) is 4. The average molecular weight is 532 g/mol. The maximum atomic E-state index is 12.0. The smallest absolute Gasteiger partial charge is 0.306 e. The minimum Gasteiger partial charge on any atom is -0.464 e. The van der Waals surface area contributed by atoms with Gasteiger partial charge in [-0.05, 0) is 43.3 Å². The molecule has 0 amide bonds. The molecule has 2 aromatic rings. The zero-order valence-electron chi connectivity index (χ0n) is 21.0. The highest BCUT2D eigenvalue weighted by molar-refractivity contribution is 5.77. The molecule has 0 spiro atoms. The summed E-state index contributed by atoms with van der Waals surface area (Å²) in [6.07, 6.45) is -7.99. The van der Waals surface area contributed by atoms with Crippen LogP contribution in [0.15, 0.2) is 64.8 Å². The molecule has 0 aliphatic carbocycles. The van der Waals surface area contributed by atoms with Gasteiger partial charge in [0, 0.05) is 12.2 Å². The number of aliphatic hydroxyl groups excluding tert-OH is 4. The van der Waals surface area contributed by atoms with Crippen LogP contribution in [0.3, 0.4) is 0 Å². The number of carbonyl (C=O) groups excluding carboxylic acids is 2. The lowest BCUT2D eigenvalue weighted by atomic mass is 10.1. The molecule has 3 rings (SSSR count). The number of nitrogens with zero attached hydrogens (tertiary/aromatic N) is 3. The number of aliphatic hydroxyl groups is 4. The van der Waals surface area contributed by atoms with Crippen LogP contribution in [-0.4, -0.2) is 89.4 Å². The minimum atomic E-state index is -1.64. The number of carbonyl (C=O) groups is 2. The predicted molar refractivity (Wildman–Crippen MR) is 135 cm³/mol. The highest BCUT2D eigenvalue weighted by atomic mass is 16.7. The first-order valence-electron chi connectivity index (χ1n) is 12.3. The van der Waals surface area contributed by atoms with E-state index in [0.717, 1.165) is 11.4 Å². The molecule has 206 valence electrons. The van der Waals surface area contributed by atoms with Gasteiger partial charge >= 0.3 is 11.9 Å². The second kappa shape index (κ2) is 14.5. The lowest BCUT2D eigenvalue weighted by Crippen LogP contribution is -2.41. The average Bonchev–Trinajstić information content (AvgIpc) is 3.20. The van der Waals surface area contributed by atoms with E-state index in [-0.39, 0.29) is 19.4 Å². The van der Waals surface area contributed by atoms with Crippen LogP contribution in [0.4, 0.5) is 17.1 Å². The van der Waals surface area contributed by atoms with Gasteiger partial charge in [0.1, 0.15) is 37.6 Å². The molecule has 12 nitrogen and oxygen atoms in total. The fourth-order valence-corrected chi connectivity index (χ4v) is 3.70. The van der Waals surface area contributed by atoms with E-state index in [1.165, 1.54) is 0 Å². The van der Waals surface area contributed by atoms with Crippen molar-refractivity contribution in [2.75, 3.05) is 31.2 Å². The van der Waals surface area contributed by atoms with Crippen LogP contribution in [0.2, 0.25) is 0 Å². The van der Waals surface area contributed by atoms with Gasteiger partial charge in [-0.2, -0.15) is 10.2 Å². The summed E-state index contributed by atoms with van der Waals surface area (Å²) < 4.78 is 14.9. The molecule has 4 N–H and O–H groups in total. The predicted octanol–water partition coefficient (Wildman–Crippen LogP) is 1.59. The first-order chi connectivity index (χ1) is 18.3. The van der Waals surface area contributed by atoms with E-state index in [9.17, 15) is 30.0 Å². The fourth-order valence-electron chi connectivity index (χ4n) is 3.70. The summed E-state index contributed by atoms with van der Waals surface area (Å²) in [6.45, 7) is 2.70. The van der Waals surface area contributed by atoms with Gasteiger partial charge in [0.15, 0.2) is 6.29 Å². The monoisotopic (exact) mass is 531 g/mol. The van der Waals surface area contributed by atoms with E-state index in [1.807, 2.05) is 66.4 Å². The molecule has 2 aromatic carbocycles. The maximum absolute atomic E-state index is 12.0. The molecule has 0 radical (unpaired) electrons. The van der Waals surface area contributed by atoms with Gasteiger partial charge in [-0.15, -0.1) is 0 Å².